The second-order valence-electron chi connectivity index (χ2n) is 7.06. The molecule has 2 heterocycles. The number of fused-ring (bicyclic) bond motifs is 2. The largest absolute Gasteiger partial charge is 0.436 e. The first-order valence-electron chi connectivity index (χ1n) is 9.58. The molecule has 0 aliphatic heterocycles. The molecule has 2 aromatic heterocycles. The maximum absolute atomic E-state index is 12.9. The lowest BCUT2D eigenvalue weighted by Gasteiger charge is -2.09. The highest BCUT2D eigenvalue weighted by atomic mass is 79.9. The smallest absolute Gasteiger partial charge is 0.349 e. The molecular weight excluding hydrogens is 494 g/mol. The van der Waals surface area contributed by atoms with Crippen molar-refractivity contribution in [2.24, 2.45) is 0 Å². The van der Waals surface area contributed by atoms with E-state index in [1.807, 2.05) is 0 Å². The first-order valence-corrected chi connectivity index (χ1v) is 10.4. The van der Waals surface area contributed by atoms with Gasteiger partial charge in [0.05, 0.1) is 16.2 Å². The van der Waals surface area contributed by atoms with Gasteiger partial charge in [-0.3, -0.25) is 14.9 Å². The Bertz CT molecular complexity index is 1640. The second-order valence-corrected chi connectivity index (χ2v) is 7.97. The topological polar surface area (TPSA) is 128 Å². The van der Waals surface area contributed by atoms with Gasteiger partial charge in [-0.2, -0.15) is 0 Å². The number of anilines is 1. The first kappa shape index (κ1) is 20.6. The molecule has 5 rings (SSSR count). The van der Waals surface area contributed by atoms with E-state index in [0.717, 1.165) is 4.47 Å². The summed E-state index contributed by atoms with van der Waals surface area (Å²) in [7, 11) is 0. The van der Waals surface area contributed by atoms with Crippen LogP contribution in [0.5, 0.6) is 0 Å². The van der Waals surface area contributed by atoms with E-state index in [4.69, 9.17) is 8.83 Å². The van der Waals surface area contributed by atoms with Crippen molar-refractivity contribution in [3.8, 4) is 11.5 Å². The number of nitrogens with zero attached hydrogens (tertiary/aromatic N) is 2. The van der Waals surface area contributed by atoms with Crippen LogP contribution in [0, 0.1) is 10.1 Å². The lowest BCUT2D eigenvalue weighted by Crippen LogP contribution is -2.21. The molecule has 0 saturated carbocycles. The van der Waals surface area contributed by atoms with Crippen LogP contribution < -0.4 is 10.9 Å². The van der Waals surface area contributed by atoms with Crippen LogP contribution in [0.2, 0.25) is 0 Å². The van der Waals surface area contributed by atoms with Gasteiger partial charge in [0.1, 0.15) is 16.7 Å². The van der Waals surface area contributed by atoms with Gasteiger partial charge < -0.3 is 14.2 Å². The van der Waals surface area contributed by atoms with Gasteiger partial charge >= 0.3 is 5.63 Å². The third-order valence-electron chi connectivity index (χ3n) is 4.93. The van der Waals surface area contributed by atoms with Crippen molar-refractivity contribution in [1.29, 1.82) is 0 Å². The van der Waals surface area contributed by atoms with Crippen LogP contribution in [0.15, 0.2) is 84.8 Å². The maximum Gasteiger partial charge on any atom is 0.349 e. The zero-order valence-corrected chi connectivity index (χ0v) is 18.2. The highest BCUT2D eigenvalue weighted by Crippen LogP contribution is 2.31. The van der Waals surface area contributed by atoms with Gasteiger partial charge in [-0.05, 0) is 42.5 Å². The van der Waals surface area contributed by atoms with Crippen molar-refractivity contribution in [2.75, 3.05) is 5.32 Å². The number of carbonyl (C=O) groups excluding carboxylic acids is 1. The normalized spacial score (nSPS) is 11.1. The third-order valence-corrected chi connectivity index (χ3v) is 5.42. The van der Waals surface area contributed by atoms with Gasteiger partial charge in [0.2, 0.25) is 5.89 Å². The Kier molecular flexibility index (Phi) is 4.98. The Labute approximate surface area is 192 Å². The van der Waals surface area contributed by atoms with Crippen LogP contribution in [0.4, 0.5) is 11.4 Å². The molecule has 0 spiro atoms. The number of carbonyl (C=O) groups is 1. The van der Waals surface area contributed by atoms with Gasteiger partial charge in [-0.1, -0.05) is 28.1 Å². The number of benzene rings is 3. The van der Waals surface area contributed by atoms with Crippen molar-refractivity contribution in [2.45, 2.75) is 0 Å². The second kappa shape index (κ2) is 7.99. The van der Waals surface area contributed by atoms with E-state index >= 15 is 0 Å². The molecule has 1 amide bonds. The minimum absolute atomic E-state index is 0.112. The summed E-state index contributed by atoms with van der Waals surface area (Å²) >= 11 is 3.35. The SMILES string of the molecule is O=C(Nc1ccccc1-c1nc2cc([N+](=O)[O-])ccc2o1)c1cc2cc(Br)ccc2oc1=O. The Hall–Kier alpha value is -4.31. The zero-order chi connectivity index (χ0) is 23.1. The number of oxazole rings is 1. The quantitative estimate of drug-likeness (QED) is 0.193. The van der Waals surface area contributed by atoms with Crippen LogP contribution in [-0.2, 0) is 0 Å². The van der Waals surface area contributed by atoms with Gasteiger partial charge in [-0.25, -0.2) is 9.78 Å². The number of hydrogen-bond acceptors (Lipinski definition) is 7. The van der Waals surface area contributed by atoms with E-state index in [2.05, 4.69) is 26.2 Å². The average Bonchev–Trinajstić information content (AvgIpc) is 3.22. The van der Waals surface area contributed by atoms with Gasteiger partial charge in [-0.15, -0.1) is 0 Å². The number of rotatable bonds is 4. The highest BCUT2D eigenvalue weighted by Gasteiger charge is 2.19. The lowest BCUT2D eigenvalue weighted by molar-refractivity contribution is -0.384. The minimum Gasteiger partial charge on any atom is -0.436 e. The Morgan fingerprint density at radius 3 is 2.61 bits per heavy atom. The number of hydrogen-bond donors (Lipinski definition) is 1. The van der Waals surface area contributed by atoms with Crippen molar-refractivity contribution < 1.29 is 18.6 Å². The monoisotopic (exact) mass is 505 g/mol. The molecule has 0 atom stereocenters. The van der Waals surface area contributed by atoms with Crippen LogP contribution in [0.25, 0.3) is 33.5 Å². The molecule has 9 nitrogen and oxygen atoms in total. The summed E-state index contributed by atoms with van der Waals surface area (Å²) in [6, 6.07) is 17.4. The molecule has 162 valence electrons. The lowest BCUT2D eigenvalue weighted by atomic mass is 10.1. The Balaban J connectivity index is 1.52. The molecule has 0 unspecified atom stereocenters. The molecule has 10 heteroatoms. The van der Waals surface area contributed by atoms with Crippen LogP contribution >= 0.6 is 15.9 Å². The summed E-state index contributed by atoms with van der Waals surface area (Å²) < 4.78 is 11.8. The third kappa shape index (κ3) is 3.87. The number of nitro groups is 1. The number of nitrogens with one attached hydrogen (secondary N) is 1. The molecule has 5 aromatic rings. The van der Waals surface area contributed by atoms with Crippen molar-refractivity contribution in [3.05, 3.63) is 97.3 Å². The summed E-state index contributed by atoms with van der Waals surface area (Å²) in [4.78, 5) is 40.1. The van der Waals surface area contributed by atoms with E-state index in [1.54, 1.807) is 42.5 Å². The molecule has 33 heavy (non-hydrogen) atoms. The van der Waals surface area contributed by atoms with Crippen LogP contribution in [0.3, 0.4) is 0 Å². The van der Waals surface area contributed by atoms with E-state index in [-0.39, 0.29) is 17.1 Å². The molecule has 0 bridgehead atoms. The fourth-order valence-electron chi connectivity index (χ4n) is 3.37. The Morgan fingerprint density at radius 1 is 1.00 bits per heavy atom. The molecule has 0 aliphatic rings. The summed E-state index contributed by atoms with van der Waals surface area (Å²) in [6.45, 7) is 0. The molecule has 0 fully saturated rings. The van der Waals surface area contributed by atoms with E-state index < -0.39 is 16.5 Å². The fourth-order valence-corrected chi connectivity index (χ4v) is 3.74. The number of aromatic nitrogens is 1. The van der Waals surface area contributed by atoms with Gasteiger partial charge in [0, 0.05) is 22.0 Å². The Morgan fingerprint density at radius 2 is 1.79 bits per heavy atom. The predicted octanol–water partition coefficient (Wildman–Crippen LogP) is 5.52. The summed E-state index contributed by atoms with van der Waals surface area (Å²) in [5, 5.41) is 14.3. The standard InChI is InChI=1S/C23H12BrN3O6/c24-13-5-7-19-12(9-13)10-16(23(29)33-19)21(28)25-17-4-2-1-3-15(17)22-26-18-11-14(27(30)31)6-8-20(18)32-22/h1-11H,(H,25,28). The van der Waals surface area contributed by atoms with Crippen molar-refractivity contribution in [3.63, 3.8) is 0 Å². The summed E-state index contributed by atoms with van der Waals surface area (Å²) in [5.41, 5.74) is 0.769. The number of para-hydroxylation sites is 1. The van der Waals surface area contributed by atoms with Gasteiger partial charge in [0.15, 0.2) is 5.58 Å². The number of non-ortho nitro benzene ring substituents is 1. The molecule has 0 radical (unpaired) electrons. The average molecular weight is 506 g/mol. The van der Waals surface area contributed by atoms with Crippen LogP contribution in [0.1, 0.15) is 10.4 Å². The molecule has 1 N–H and O–H groups in total. The van der Waals surface area contributed by atoms with Gasteiger partial charge in [0.25, 0.3) is 11.6 Å². The summed E-state index contributed by atoms with van der Waals surface area (Å²) in [5.74, 6) is -0.499. The van der Waals surface area contributed by atoms with E-state index in [1.165, 1.54) is 24.3 Å². The number of amides is 1. The molecule has 0 aliphatic carbocycles. The summed E-state index contributed by atoms with van der Waals surface area (Å²) in [6.07, 6.45) is 0. The molecular formula is C23H12BrN3O6. The predicted molar refractivity (Wildman–Crippen MR) is 124 cm³/mol. The zero-order valence-electron chi connectivity index (χ0n) is 16.6. The van der Waals surface area contributed by atoms with E-state index in [0.29, 0.717) is 33.3 Å². The highest BCUT2D eigenvalue weighted by molar-refractivity contribution is 9.10. The maximum atomic E-state index is 12.9. The first-order chi connectivity index (χ1) is 15.9. The number of halogens is 1. The number of nitro benzene ring substituents is 1. The fraction of sp³-hybridized carbons (Fsp3) is 0. The molecule has 3 aromatic carbocycles. The van der Waals surface area contributed by atoms with Crippen LogP contribution in [-0.4, -0.2) is 15.8 Å². The van der Waals surface area contributed by atoms with Crippen molar-refractivity contribution in [1.82, 2.24) is 4.98 Å². The van der Waals surface area contributed by atoms with E-state index in [9.17, 15) is 19.7 Å². The minimum atomic E-state index is -0.769. The van der Waals surface area contributed by atoms with Crippen molar-refractivity contribution >= 4 is 55.3 Å². The molecule has 0 saturated heterocycles.